The standard InChI is InChI=1S/C30H40N2.2C14H29.Ni/c1-4-7-10-15-25-16-12-19-26(21-25)29-23-28(18-11-8-5-2)30(32(29)31)27-20-13-17-24(22-27)14-9-6-3;2*1-3-5-7-9-11-13-14-12-10-8-6-4-2;/h12-13,16-17,19-23H,4-11,14-15,18H2,1-3H3;2*1,3-14H2,2H3;. The van der Waals surface area contributed by atoms with Gasteiger partial charge in [0.05, 0.1) is 0 Å². The van der Waals surface area contributed by atoms with Crippen LogP contribution in [0.25, 0.3) is 16.9 Å². The van der Waals surface area contributed by atoms with Crippen LogP contribution < -0.4 is 0 Å². The summed E-state index contributed by atoms with van der Waals surface area (Å²) >= 11 is 2.04. The number of aryl methyl sites for hydroxylation is 2. The van der Waals surface area contributed by atoms with Gasteiger partial charge in [-0.05, 0) is 73.9 Å². The second-order valence-electron chi connectivity index (χ2n) is 18.4. The maximum absolute atomic E-state index is 11.4. The fourth-order valence-corrected chi connectivity index (χ4v) is 9.85. The Hall–Kier alpha value is -1.99. The van der Waals surface area contributed by atoms with Crippen LogP contribution in [0.5, 0.6) is 0 Å². The monoisotopic (exact) mass is 881 g/mol. The van der Waals surface area contributed by atoms with Crippen LogP contribution >= 0.6 is 0 Å². The third kappa shape index (κ3) is 27.1. The molecular weight excluding hydrogens is 783 g/mol. The number of hydrogen-bond donors (Lipinski definition) is 0. The van der Waals surface area contributed by atoms with Gasteiger partial charge in [0.2, 0.25) is 11.4 Å². The molecule has 0 N–H and O–H groups in total. The summed E-state index contributed by atoms with van der Waals surface area (Å²) in [6, 6.07) is 17.5. The first-order chi connectivity index (χ1) is 30.1. The molecule has 0 radical (unpaired) electrons. The number of unbranched alkanes of at least 4 members (excludes halogenated alkanes) is 27. The average molecular weight is 882 g/mol. The van der Waals surface area contributed by atoms with Gasteiger partial charge in [0.15, 0.2) is 0 Å². The molecule has 0 aliphatic carbocycles. The predicted molar refractivity (Wildman–Crippen MR) is 269 cm³/mol. The summed E-state index contributed by atoms with van der Waals surface area (Å²) < 4.78 is 1.45. The van der Waals surface area contributed by atoms with Gasteiger partial charge in [-0.1, -0.05) is 104 Å². The van der Waals surface area contributed by atoms with Crippen LogP contribution in [0.2, 0.25) is 10.8 Å². The summed E-state index contributed by atoms with van der Waals surface area (Å²) in [4.78, 5) is 0. The average Bonchev–Trinajstić information content (AvgIpc) is 3.61. The number of rotatable bonds is 39. The third-order valence-electron chi connectivity index (χ3n) is 12.6. The molecule has 0 saturated carbocycles. The van der Waals surface area contributed by atoms with E-state index in [0.29, 0.717) is 0 Å². The molecule has 2 aromatic carbocycles. The SMILES string of the molecule is CCCCCC1=C(c2cccc(CCCC)c2)[N+](=[N-])C(c2cccc(CCCCC)c2)=C1.CCCCCCCCCCCCC[CH2][Ni][CH2]CCCCCCCCCCCCC. The van der Waals surface area contributed by atoms with E-state index in [2.05, 4.69) is 89.2 Å². The van der Waals surface area contributed by atoms with Crippen molar-refractivity contribution in [2.75, 3.05) is 0 Å². The zero-order valence-electron chi connectivity index (χ0n) is 41.1. The van der Waals surface area contributed by atoms with E-state index in [0.717, 1.165) is 48.2 Å². The van der Waals surface area contributed by atoms with Crippen molar-refractivity contribution in [3.63, 3.8) is 0 Å². The number of hydrogen-bond acceptors (Lipinski definition) is 0. The van der Waals surface area contributed by atoms with Crippen molar-refractivity contribution in [3.05, 3.63) is 88.0 Å². The first-order valence-electron chi connectivity index (χ1n) is 26.7. The van der Waals surface area contributed by atoms with Gasteiger partial charge < -0.3 is 5.53 Å². The van der Waals surface area contributed by atoms with Crippen molar-refractivity contribution in [1.82, 2.24) is 0 Å². The van der Waals surface area contributed by atoms with E-state index >= 15 is 0 Å². The molecule has 2 aromatic rings. The molecule has 350 valence electrons. The number of benzene rings is 2. The molecule has 0 amide bonds. The predicted octanol–water partition coefficient (Wildman–Crippen LogP) is 20.4. The summed E-state index contributed by atoms with van der Waals surface area (Å²) in [6.07, 6.45) is 50.3. The molecular formula is C58H98N2Ni. The zero-order valence-corrected chi connectivity index (χ0v) is 42.1. The molecule has 0 unspecified atom stereocenters. The van der Waals surface area contributed by atoms with Gasteiger partial charge in [-0.3, -0.25) is 0 Å². The second-order valence-corrected chi connectivity index (χ2v) is 19.9. The van der Waals surface area contributed by atoms with Crippen LogP contribution in [-0.4, -0.2) is 4.70 Å². The Bertz CT molecular complexity index is 1380. The molecule has 3 rings (SSSR count). The number of nitrogens with zero attached hydrogens (tertiary/aromatic N) is 2. The molecule has 61 heavy (non-hydrogen) atoms. The van der Waals surface area contributed by atoms with Crippen LogP contribution in [0.1, 0.15) is 269 Å². The van der Waals surface area contributed by atoms with Crippen molar-refractivity contribution in [1.29, 1.82) is 0 Å². The summed E-state index contributed by atoms with van der Waals surface area (Å²) in [7, 11) is 0. The quantitative estimate of drug-likeness (QED) is 0.0363. The topological polar surface area (TPSA) is 25.3 Å². The summed E-state index contributed by atoms with van der Waals surface area (Å²) in [5.74, 6) is 0. The Kier molecular flexibility index (Phi) is 35.8. The van der Waals surface area contributed by atoms with Gasteiger partial charge in [-0.2, -0.15) is 0 Å². The maximum atomic E-state index is 11.4. The first kappa shape index (κ1) is 55.1. The molecule has 3 heteroatoms. The van der Waals surface area contributed by atoms with Crippen molar-refractivity contribution in [2.24, 2.45) is 0 Å². The Morgan fingerprint density at radius 3 is 1.21 bits per heavy atom. The normalized spacial score (nSPS) is 12.7. The third-order valence-corrected chi connectivity index (χ3v) is 14.0. The minimum atomic E-state index is 0.905. The van der Waals surface area contributed by atoms with E-state index < -0.39 is 0 Å². The smallest absolute Gasteiger partial charge is 0.0654 e. The summed E-state index contributed by atoms with van der Waals surface area (Å²) in [5, 5.41) is 2.87. The minimum absolute atomic E-state index is 0.905. The number of allylic oxidation sites excluding steroid dienone is 2. The van der Waals surface area contributed by atoms with E-state index in [1.54, 1.807) is 0 Å². The van der Waals surface area contributed by atoms with E-state index in [1.165, 1.54) is 231 Å². The van der Waals surface area contributed by atoms with Crippen LogP contribution in [0.4, 0.5) is 0 Å². The van der Waals surface area contributed by atoms with E-state index in [1.807, 2.05) is 14.4 Å². The molecule has 0 aromatic heterocycles. The van der Waals surface area contributed by atoms with E-state index in [4.69, 9.17) is 0 Å². The van der Waals surface area contributed by atoms with Gasteiger partial charge in [-0.15, -0.1) is 0 Å². The zero-order chi connectivity index (χ0) is 43.9. The molecule has 0 spiro atoms. The van der Waals surface area contributed by atoms with Gasteiger partial charge in [-0.25, -0.2) is 4.70 Å². The van der Waals surface area contributed by atoms with Crippen molar-refractivity contribution in [3.8, 4) is 0 Å². The molecule has 0 saturated heterocycles. The molecule has 0 fully saturated rings. The van der Waals surface area contributed by atoms with Crippen LogP contribution in [0.3, 0.4) is 0 Å². The van der Waals surface area contributed by atoms with Gasteiger partial charge in [0, 0.05) is 22.8 Å². The molecule has 0 atom stereocenters. The molecule has 1 aliphatic rings. The summed E-state index contributed by atoms with van der Waals surface area (Å²) in [6.45, 7) is 11.3. The van der Waals surface area contributed by atoms with Crippen molar-refractivity contribution < 1.29 is 19.1 Å². The Balaban J connectivity index is 0.000000423. The van der Waals surface area contributed by atoms with E-state index in [-0.39, 0.29) is 0 Å². The van der Waals surface area contributed by atoms with Gasteiger partial charge in [0.25, 0.3) is 0 Å². The van der Waals surface area contributed by atoms with Crippen LogP contribution in [-0.2, 0) is 27.3 Å². The second kappa shape index (κ2) is 39.6. The first-order valence-corrected chi connectivity index (χ1v) is 28.1. The Labute approximate surface area is 386 Å². The minimum Gasteiger partial charge on any atom is -0.0654 e. The molecule has 2 nitrogen and oxygen atoms in total. The molecule has 1 heterocycles. The Morgan fingerprint density at radius 2 is 0.754 bits per heavy atom. The Morgan fingerprint density at radius 1 is 0.393 bits per heavy atom. The summed E-state index contributed by atoms with van der Waals surface area (Å²) in [5.41, 5.74) is 19.4. The fraction of sp³-hybridized carbons (Fsp3) is 0.724. The fourth-order valence-electron chi connectivity index (χ4n) is 8.62. The van der Waals surface area contributed by atoms with Gasteiger partial charge in [0.1, 0.15) is 0 Å². The molecule has 1 aliphatic heterocycles. The van der Waals surface area contributed by atoms with E-state index in [9.17, 15) is 5.53 Å². The van der Waals surface area contributed by atoms with Crippen molar-refractivity contribution >= 4 is 11.4 Å². The van der Waals surface area contributed by atoms with Crippen molar-refractivity contribution in [2.45, 2.75) is 270 Å². The van der Waals surface area contributed by atoms with Crippen LogP contribution in [0, 0.1) is 0 Å². The van der Waals surface area contributed by atoms with Crippen LogP contribution in [0.15, 0.2) is 60.2 Å². The molecule has 0 bridgehead atoms. The van der Waals surface area contributed by atoms with Gasteiger partial charge >= 0.3 is 166 Å².